The van der Waals surface area contributed by atoms with Crippen LogP contribution in [0.1, 0.15) is 120 Å². The molecule has 5 aliphatic carbocycles. The van der Waals surface area contributed by atoms with Crippen LogP contribution in [0, 0.1) is 44.8 Å². The van der Waals surface area contributed by atoms with Crippen LogP contribution < -0.4 is 0 Å². The predicted octanol–water partition coefficient (Wildman–Crippen LogP) is -4.97. The zero-order valence-electron chi connectivity index (χ0n) is 54.9. The highest BCUT2D eigenvalue weighted by Gasteiger charge is 2.71. The topological polar surface area (TPSA) is 492 Å². The average Bonchev–Trinajstić information content (AvgIpc) is 0.673. The maximum atomic E-state index is 15.3. The van der Waals surface area contributed by atoms with Crippen LogP contribution in [0.5, 0.6) is 0 Å². The van der Waals surface area contributed by atoms with Gasteiger partial charge in [0.2, 0.25) is 6.29 Å². The van der Waals surface area contributed by atoms with Gasteiger partial charge in [-0.3, -0.25) is 4.79 Å². The minimum absolute atomic E-state index is 0.0100. The first kappa shape index (κ1) is 74.2. The summed E-state index contributed by atoms with van der Waals surface area (Å²) in [6.45, 7) is 13.1. The van der Waals surface area contributed by atoms with Crippen LogP contribution in [-0.4, -0.2) is 314 Å². The molecule has 0 radical (unpaired) electrons. The van der Waals surface area contributed by atoms with Gasteiger partial charge in [-0.2, -0.15) is 0 Å². The van der Waals surface area contributed by atoms with E-state index in [9.17, 15) is 91.9 Å². The molecule has 546 valence electrons. The van der Waals surface area contributed by atoms with Crippen LogP contribution >= 0.6 is 0 Å². The molecule has 95 heavy (non-hydrogen) atoms. The number of carbonyl (C=O) groups excluding carboxylic acids is 1. The molecule has 0 bridgehead atoms. The molecule has 0 amide bonds. The summed E-state index contributed by atoms with van der Waals surface area (Å²) < 4.78 is 71.0. The fourth-order valence-corrected chi connectivity index (χ4v) is 18.6. The smallest absolute Gasteiger partial charge is 0.315 e. The second kappa shape index (κ2) is 27.7. The number of fused-ring (bicyclic) bond motifs is 7. The first-order valence-electron chi connectivity index (χ1n) is 33.7. The van der Waals surface area contributed by atoms with Gasteiger partial charge in [0.15, 0.2) is 31.5 Å². The van der Waals surface area contributed by atoms with E-state index in [0.29, 0.717) is 64.2 Å². The molecule has 0 aromatic heterocycles. The number of allylic oxidation sites excluding steroid dienone is 2. The normalized spacial score (nSPS) is 55.6. The van der Waals surface area contributed by atoms with Crippen molar-refractivity contribution in [3.8, 4) is 0 Å². The van der Waals surface area contributed by atoms with E-state index < -0.39 is 238 Å². The molecule has 10 fully saturated rings. The molecule has 6 saturated heterocycles. The molecule has 0 aromatic rings. The molecule has 4 saturated carbocycles. The minimum Gasteiger partial charge on any atom is -0.432 e. The summed E-state index contributed by atoms with van der Waals surface area (Å²) in [4.78, 5) is 15.3. The van der Waals surface area contributed by atoms with E-state index in [-0.39, 0.29) is 28.6 Å². The highest BCUT2D eigenvalue weighted by atomic mass is 16.8. The second-order valence-electron chi connectivity index (χ2n) is 30.9. The highest BCUT2D eigenvalue weighted by molar-refractivity contribution is 5.79. The van der Waals surface area contributed by atoms with E-state index in [0.717, 1.165) is 5.57 Å². The van der Waals surface area contributed by atoms with Crippen molar-refractivity contribution in [1.29, 1.82) is 0 Å². The lowest BCUT2D eigenvalue weighted by Gasteiger charge is -2.71. The quantitative estimate of drug-likeness (QED) is 0.0415. The Bertz CT molecular complexity index is 2670. The van der Waals surface area contributed by atoms with Crippen molar-refractivity contribution < 1.29 is 154 Å². The Balaban J connectivity index is 0.762. The van der Waals surface area contributed by atoms with Crippen LogP contribution in [-0.2, 0) is 61.6 Å². The van der Waals surface area contributed by atoms with E-state index in [1.54, 1.807) is 6.92 Å². The Morgan fingerprint density at radius 3 is 1.72 bits per heavy atom. The average molecular weight is 1370 g/mol. The van der Waals surface area contributed by atoms with Gasteiger partial charge in [-0.15, -0.1) is 0 Å². The number of aliphatic hydroxyl groups excluding tert-OH is 17. The molecule has 0 spiro atoms. The van der Waals surface area contributed by atoms with Gasteiger partial charge in [-0.05, 0) is 124 Å². The summed E-state index contributed by atoms with van der Waals surface area (Å²) >= 11 is 0. The van der Waals surface area contributed by atoms with E-state index in [2.05, 4.69) is 40.7 Å². The maximum absolute atomic E-state index is 15.3. The van der Waals surface area contributed by atoms with Gasteiger partial charge in [-0.1, -0.05) is 46.3 Å². The lowest BCUT2D eigenvalue weighted by Crippen LogP contribution is -2.68. The molecule has 31 heteroatoms. The number of carbonyl (C=O) groups is 1. The molecule has 11 aliphatic rings. The Hall–Kier alpha value is -1.95. The van der Waals surface area contributed by atoms with Crippen molar-refractivity contribution >= 4 is 5.97 Å². The van der Waals surface area contributed by atoms with Crippen LogP contribution in [0.3, 0.4) is 0 Å². The summed E-state index contributed by atoms with van der Waals surface area (Å²) in [6.07, 6.45) is -41.1. The largest absolute Gasteiger partial charge is 0.432 e. The van der Waals surface area contributed by atoms with Crippen LogP contribution in [0.2, 0.25) is 0 Å². The number of hydrogen-bond donors (Lipinski definition) is 18. The SMILES string of the molecule is C[C@@H]1O[C@@H](O[C@H]2[C@H](O)[C@@H](O)[C@H](OC[C@H]3O[C@@H](OC(=O)[C@]45CCC(C)(C)C[C@H]4C4=CC[C@@H]6[C@@]7(C)CC[C@H](O[C@@H]8OC[C@H](O)[C@H](O)[C@H]8O[C@@H]8O[C@@H](C)[C@H](O)[C@@H](O[C@@H]9O[C@H](CO)[C@@H](O)[C@H](O)[C@H]9O)[C@H]8O)[C@@](C)(O)[C@@H]7CC[C@@]6(C)[C@]4(C)CC5)[C@H](O)[C@@H](O)[C@@H]3O)O[C@@H]2CO)[C@H](O)[C@H](O)[C@H]1O. The summed E-state index contributed by atoms with van der Waals surface area (Å²) in [5, 5.41) is 197. The number of aliphatic hydroxyl groups is 18. The Morgan fingerprint density at radius 2 is 1.05 bits per heavy atom. The maximum Gasteiger partial charge on any atom is 0.315 e. The third-order valence-corrected chi connectivity index (χ3v) is 24.8. The number of hydrogen-bond acceptors (Lipinski definition) is 31. The predicted molar refractivity (Wildman–Crippen MR) is 316 cm³/mol. The van der Waals surface area contributed by atoms with Crippen molar-refractivity contribution in [1.82, 2.24) is 0 Å². The molecule has 0 aromatic carbocycles. The van der Waals surface area contributed by atoms with E-state index in [1.807, 2.05) is 0 Å². The molecular weight excluding hydrogens is 1260 g/mol. The molecule has 11 rings (SSSR count). The van der Waals surface area contributed by atoms with Crippen LogP contribution in [0.4, 0.5) is 0 Å². The Kier molecular flexibility index (Phi) is 21.6. The molecule has 6 aliphatic heterocycles. The summed E-state index contributed by atoms with van der Waals surface area (Å²) in [6, 6.07) is 0. The Labute approximate surface area is 550 Å². The zero-order valence-corrected chi connectivity index (χ0v) is 54.9. The molecular formula is C64H104O31. The van der Waals surface area contributed by atoms with Gasteiger partial charge in [0.25, 0.3) is 0 Å². The van der Waals surface area contributed by atoms with Crippen LogP contribution in [0.25, 0.3) is 0 Å². The third-order valence-electron chi connectivity index (χ3n) is 24.8. The van der Waals surface area contributed by atoms with E-state index >= 15 is 4.79 Å². The lowest BCUT2D eigenvalue weighted by atomic mass is 9.34. The zero-order chi connectivity index (χ0) is 69.3. The molecule has 31 nitrogen and oxygen atoms in total. The fourth-order valence-electron chi connectivity index (χ4n) is 18.6. The first-order valence-corrected chi connectivity index (χ1v) is 33.7. The van der Waals surface area contributed by atoms with Gasteiger partial charge < -0.3 is 149 Å². The molecule has 18 N–H and O–H groups in total. The first-order chi connectivity index (χ1) is 44.5. The third kappa shape index (κ3) is 12.8. The van der Waals surface area contributed by atoms with E-state index in [4.69, 9.17) is 56.8 Å². The monoisotopic (exact) mass is 1370 g/mol. The molecule has 6 heterocycles. The van der Waals surface area contributed by atoms with Gasteiger partial charge in [0.05, 0.1) is 55.8 Å². The van der Waals surface area contributed by atoms with Crippen LogP contribution in [0.15, 0.2) is 11.6 Å². The summed E-state index contributed by atoms with van der Waals surface area (Å²) in [5.41, 5.74) is -3.07. The Morgan fingerprint density at radius 1 is 0.505 bits per heavy atom. The van der Waals surface area contributed by atoms with Gasteiger partial charge >= 0.3 is 5.97 Å². The lowest BCUT2D eigenvalue weighted by molar-refractivity contribution is -0.384. The van der Waals surface area contributed by atoms with E-state index in [1.165, 1.54) is 13.8 Å². The summed E-state index contributed by atoms with van der Waals surface area (Å²) in [5.74, 6) is -1.33. The minimum atomic E-state index is -1.93. The molecule has 38 atom stereocenters. The number of rotatable bonds is 15. The van der Waals surface area contributed by atoms with Crippen molar-refractivity contribution in [3.63, 3.8) is 0 Å². The van der Waals surface area contributed by atoms with Gasteiger partial charge in [0.1, 0.15) is 128 Å². The van der Waals surface area contributed by atoms with Crippen molar-refractivity contribution in [3.05, 3.63) is 11.6 Å². The van der Waals surface area contributed by atoms with Crippen molar-refractivity contribution in [2.75, 3.05) is 26.4 Å². The van der Waals surface area contributed by atoms with Crippen molar-refractivity contribution in [2.24, 2.45) is 44.8 Å². The van der Waals surface area contributed by atoms with Gasteiger partial charge in [-0.25, -0.2) is 0 Å². The summed E-state index contributed by atoms with van der Waals surface area (Å²) in [7, 11) is 0. The second-order valence-corrected chi connectivity index (χ2v) is 30.9. The number of ether oxygens (including phenoxy) is 12. The highest BCUT2D eigenvalue weighted by Crippen LogP contribution is 2.75. The fraction of sp³-hybridized carbons (Fsp3) is 0.953. The molecule has 0 unspecified atom stereocenters. The van der Waals surface area contributed by atoms with Gasteiger partial charge in [0, 0.05) is 0 Å². The van der Waals surface area contributed by atoms with Crippen molar-refractivity contribution in [2.45, 2.75) is 309 Å². The number of esters is 1. The standard InChI is InChI=1S/C64H104O31/c1-24-35(68)40(73)44(77)53(86-24)92-49-30(21-66)89-52(47(80)43(49)76)85-23-31-39(72)42(75)46(79)55(90-31)95-58(82)64-17-15-59(3,4)19-27(64)26-9-10-32-60(5)13-12-34(63(8,83)33(60)11-14-62(32,7)61(26,6)16-18-64)91-57-51(37(70)28(67)22-84-57)94-56-48(81)50(36(69)25(2)87-56)93-54-45(78)41(74)38(71)29(20-65)88-54/h9,24-25,27-57,65-81,83H,10-23H2,1-8H3/t24-,25-,27-,28-,29+,30+,31+,32+,33+,34-,35-,36-,37-,38+,39+,40+,41-,42-,43+,44+,45+,46+,47+,48+,49+,50+,51+,52+,53-,54-,55-,56-,57-,60+,61+,62+,63-,64-/m0/s1.